The summed E-state index contributed by atoms with van der Waals surface area (Å²) in [7, 11) is 1.43. The molecular weight excluding hydrogens is 183 g/mol. The van der Waals surface area contributed by atoms with Crippen LogP contribution in [0.4, 0.5) is 4.39 Å². The Bertz CT molecular complexity index is 334. The number of ether oxygens (including phenoxy) is 1. The van der Waals surface area contributed by atoms with E-state index < -0.39 is 0 Å². The van der Waals surface area contributed by atoms with Gasteiger partial charge in [-0.25, -0.2) is 4.39 Å². The SMILES string of the molecule is COc1cc(C)cc(CCC=O)c1F. The summed E-state index contributed by atoms with van der Waals surface area (Å²) in [5.74, 6) is -0.120. The van der Waals surface area contributed by atoms with Crippen molar-refractivity contribution in [3.05, 3.63) is 29.1 Å². The predicted octanol–water partition coefficient (Wildman–Crippen LogP) is 2.27. The van der Waals surface area contributed by atoms with Crippen molar-refractivity contribution in [2.24, 2.45) is 0 Å². The zero-order valence-electron chi connectivity index (χ0n) is 8.34. The Kier molecular flexibility index (Phi) is 3.63. The molecule has 76 valence electrons. The minimum atomic E-state index is -0.361. The van der Waals surface area contributed by atoms with E-state index in [2.05, 4.69) is 0 Å². The standard InChI is InChI=1S/C11H13FO2/c1-8-6-9(4-3-5-13)11(12)10(7-8)14-2/h5-7H,3-4H2,1-2H3. The highest BCUT2D eigenvalue weighted by Gasteiger charge is 2.09. The molecule has 3 heteroatoms. The summed E-state index contributed by atoms with van der Waals surface area (Å²) in [5.41, 5.74) is 1.47. The number of hydrogen-bond acceptors (Lipinski definition) is 2. The summed E-state index contributed by atoms with van der Waals surface area (Å²) in [4.78, 5) is 10.2. The number of halogens is 1. The highest BCUT2D eigenvalue weighted by molar-refractivity contribution is 5.50. The third-order valence-corrected chi connectivity index (χ3v) is 2.01. The lowest BCUT2D eigenvalue weighted by molar-refractivity contribution is -0.107. The smallest absolute Gasteiger partial charge is 0.168 e. The van der Waals surface area contributed by atoms with Gasteiger partial charge in [0.15, 0.2) is 11.6 Å². The van der Waals surface area contributed by atoms with E-state index in [1.807, 2.05) is 6.92 Å². The van der Waals surface area contributed by atoms with Crippen LogP contribution in [0.3, 0.4) is 0 Å². The number of methoxy groups -OCH3 is 1. The molecular formula is C11H13FO2. The summed E-state index contributed by atoms with van der Waals surface area (Å²) >= 11 is 0. The highest BCUT2D eigenvalue weighted by Crippen LogP contribution is 2.23. The first kappa shape index (κ1) is 10.7. The average molecular weight is 196 g/mol. The first-order valence-corrected chi connectivity index (χ1v) is 4.45. The molecule has 0 amide bonds. The molecule has 0 saturated heterocycles. The molecule has 0 radical (unpaired) electrons. The number of aldehydes is 1. The zero-order chi connectivity index (χ0) is 10.6. The van der Waals surface area contributed by atoms with Crippen LogP contribution in [0.25, 0.3) is 0 Å². The lowest BCUT2D eigenvalue weighted by Gasteiger charge is -2.07. The Hall–Kier alpha value is -1.38. The van der Waals surface area contributed by atoms with Gasteiger partial charge in [0, 0.05) is 6.42 Å². The van der Waals surface area contributed by atoms with Gasteiger partial charge in [0.1, 0.15) is 6.29 Å². The fourth-order valence-electron chi connectivity index (χ4n) is 1.35. The topological polar surface area (TPSA) is 26.3 Å². The van der Waals surface area contributed by atoms with Crippen LogP contribution in [0.5, 0.6) is 5.75 Å². The van der Waals surface area contributed by atoms with Crippen LogP contribution >= 0.6 is 0 Å². The highest BCUT2D eigenvalue weighted by atomic mass is 19.1. The molecule has 0 aliphatic rings. The van der Waals surface area contributed by atoms with Gasteiger partial charge in [-0.3, -0.25) is 0 Å². The lowest BCUT2D eigenvalue weighted by Crippen LogP contribution is -1.97. The molecule has 1 rings (SSSR count). The van der Waals surface area contributed by atoms with Crippen molar-refractivity contribution in [2.45, 2.75) is 19.8 Å². The van der Waals surface area contributed by atoms with Gasteiger partial charge in [-0.2, -0.15) is 0 Å². The molecule has 1 aromatic carbocycles. The number of carbonyl (C=O) groups is 1. The third kappa shape index (κ3) is 2.31. The van der Waals surface area contributed by atoms with Gasteiger partial charge in [0.05, 0.1) is 7.11 Å². The molecule has 0 atom stereocenters. The predicted molar refractivity (Wildman–Crippen MR) is 52.1 cm³/mol. The first-order valence-electron chi connectivity index (χ1n) is 4.45. The number of benzene rings is 1. The van der Waals surface area contributed by atoms with Gasteiger partial charge in [-0.15, -0.1) is 0 Å². The Balaban J connectivity index is 3.02. The van der Waals surface area contributed by atoms with Gasteiger partial charge < -0.3 is 9.53 Å². The van der Waals surface area contributed by atoms with Gasteiger partial charge in [-0.1, -0.05) is 6.07 Å². The molecule has 0 heterocycles. The van der Waals surface area contributed by atoms with Crippen molar-refractivity contribution in [3.63, 3.8) is 0 Å². The van der Waals surface area contributed by atoms with E-state index in [0.717, 1.165) is 11.8 Å². The summed E-state index contributed by atoms with van der Waals surface area (Å²) in [5, 5.41) is 0. The van der Waals surface area contributed by atoms with Crippen LogP contribution in [-0.4, -0.2) is 13.4 Å². The van der Waals surface area contributed by atoms with Crippen LogP contribution in [0, 0.1) is 12.7 Å². The van der Waals surface area contributed by atoms with Gasteiger partial charge in [-0.05, 0) is 30.5 Å². The van der Waals surface area contributed by atoms with Crippen LogP contribution in [-0.2, 0) is 11.2 Å². The maximum absolute atomic E-state index is 13.5. The molecule has 0 aromatic heterocycles. The van der Waals surface area contributed by atoms with E-state index in [1.54, 1.807) is 12.1 Å². The second-order valence-electron chi connectivity index (χ2n) is 3.15. The van der Waals surface area contributed by atoms with Gasteiger partial charge >= 0.3 is 0 Å². The van der Waals surface area contributed by atoms with E-state index in [1.165, 1.54) is 7.11 Å². The van der Waals surface area contributed by atoms with Crippen LogP contribution in [0.15, 0.2) is 12.1 Å². The summed E-state index contributed by atoms with van der Waals surface area (Å²) < 4.78 is 18.4. The molecule has 2 nitrogen and oxygen atoms in total. The van der Waals surface area contributed by atoms with Crippen molar-refractivity contribution in [3.8, 4) is 5.75 Å². The summed E-state index contributed by atoms with van der Waals surface area (Å²) in [6.45, 7) is 1.87. The average Bonchev–Trinajstić information content (AvgIpc) is 2.18. The maximum atomic E-state index is 13.5. The minimum Gasteiger partial charge on any atom is -0.494 e. The second-order valence-corrected chi connectivity index (χ2v) is 3.15. The fourth-order valence-corrected chi connectivity index (χ4v) is 1.35. The Morgan fingerprint density at radius 3 is 2.79 bits per heavy atom. The Morgan fingerprint density at radius 2 is 2.21 bits per heavy atom. The molecule has 0 unspecified atom stereocenters. The normalized spacial score (nSPS) is 9.93. The van der Waals surface area contributed by atoms with Crippen molar-refractivity contribution < 1.29 is 13.9 Å². The van der Waals surface area contributed by atoms with Crippen molar-refractivity contribution in [1.29, 1.82) is 0 Å². The number of carbonyl (C=O) groups excluding carboxylic acids is 1. The minimum absolute atomic E-state index is 0.242. The van der Waals surface area contributed by atoms with E-state index in [9.17, 15) is 9.18 Å². The molecule has 0 bridgehead atoms. The van der Waals surface area contributed by atoms with Gasteiger partial charge in [0.2, 0.25) is 0 Å². The largest absolute Gasteiger partial charge is 0.494 e. The van der Waals surface area contributed by atoms with E-state index >= 15 is 0 Å². The number of aryl methyl sites for hydroxylation is 2. The Labute approximate surface area is 82.7 Å². The summed E-state index contributed by atoms with van der Waals surface area (Å²) in [6.07, 6.45) is 1.55. The van der Waals surface area contributed by atoms with Crippen molar-refractivity contribution >= 4 is 6.29 Å². The van der Waals surface area contributed by atoms with Gasteiger partial charge in [0.25, 0.3) is 0 Å². The van der Waals surface area contributed by atoms with E-state index in [4.69, 9.17) is 4.74 Å². The first-order chi connectivity index (χ1) is 6.69. The van der Waals surface area contributed by atoms with Crippen molar-refractivity contribution in [1.82, 2.24) is 0 Å². The molecule has 0 spiro atoms. The second kappa shape index (κ2) is 4.74. The van der Waals surface area contributed by atoms with E-state index in [0.29, 0.717) is 18.4 Å². The van der Waals surface area contributed by atoms with Crippen LogP contribution < -0.4 is 4.74 Å². The molecule has 0 aliphatic carbocycles. The molecule has 0 aliphatic heterocycles. The Morgan fingerprint density at radius 1 is 1.50 bits per heavy atom. The molecule has 0 N–H and O–H groups in total. The molecule has 0 fully saturated rings. The molecule has 0 saturated carbocycles. The number of hydrogen-bond donors (Lipinski definition) is 0. The molecule has 14 heavy (non-hydrogen) atoms. The van der Waals surface area contributed by atoms with Crippen LogP contribution in [0.1, 0.15) is 17.5 Å². The molecule has 1 aromatic rings. The van der Waals surface area contributed by atoms with Crippen molar-refractivity contribution in [2.75, 3.05) is 7.11 Å². The number of rotatable bonds is 4. The fraction of sp³-hybridized carbons (Fsp3) is 0.364. The maximum Gasteiger partial charge on any atom is 0.168 e. The third-order valence-electron chi connectivity index (χ3n) is 2.01. The van der Waals surface area contributed by atoms with E-state index in [-0.39, 0.29) is 11.6 Å². The lowest BCUT2D eigenvalue weighted by atomic mass is 10.1. The zero-order valence-corrected chi connectivity index (χ0v) is 8.34. The summed E-state index contributed by atoms with van der Waals surface area (Å²) in [6, 6.07) is 3.38. The van der Waals surface area contributed by atoms with Crippen LogP contribution in [0.2, 0.25) is 0 Å². The quantitative estimate of drug-likeness (QED) is 0.690. The monoisotopic (exact) mass is 196 g/mol.